The van der Waals surface area contributed by atoms with Crippen LogP contribution in [0.1, 0.15) is 36.1 Å². The molecule has 1 aliphatic rings. The Hall–Kier alpha value is -2.64. The van der Waals surface area contributed by atoms with Gasteiger partial charge in [-0.3, -0.25) is 0 Å². The Kier molecular flexibility index (Phi) is 5.42. The van der Waals surface area contributed by atoms with Crippen LogP contribution in [0.3, 0.4) is 0 Å². The van der Waals surface area contributed by atoms with E-state index in [0.29, 0.717) is 35.6 Å². The van der Waals surface area contributed by atoms with Gasteiger partial charge in [-0.25, -0.2) is 13.4 Å². The molecular formula is C22H22ClN3O3S. The second kappa shape index (κ2) is 7.89. The summed E-state index contributed by atoms with van der Waals surface area (Å²) in [6.45, 7) is 4.48. The number of hydrazone groups is 1. The average molecular weight is 444 g/mol. The fraction of sp³-hybridized carbons (Fsp3) is 0.273. The first kappa shape index (κ1) is 20.6. The second-order valence-corrected chi connectivity index (χ2v) is 9.52. The SMILES string of the molecule is CCOc1ccc2cc([C@@H]3CC(c4ccc(C)cc4)=NN3S(C)(=O)=O)c(Cl)nc2c1. The van der Waals surface area contributed by atoms with Gasteiger partial charge in [0, 0.05) is 23.4 Å². The van der Waals surface area contributed by atoms with Crippen molar-refractivity contribution in [2.75, 3.05) is 12.9 Å². The number of fused-ring (bicyclic) bond motifs is 1. The Balaban J connectivity index is 1.76. The van der Waals surface area contributed by atoms with Gasteiger partial charge in [0.15, 0.2) is 0 Å². The maximum atomic E-state index is 12.5. The highest BCUT2D eigenvalue weighted by atomic mass is 35.5. The Morgan fingerprint density at radius 1 is 1.17 bits per heavy atom. The van der Waals surface area contributed by atoms with Crippen LogP contribution in [0.5, 0.6) is 5.75 Å². The summed E-state index contributed by atoms with van der Waals surface area (Å²) in [5.41, 5.74) is 4.04. The molecule has 1 aromatic heterocycles. The number of benzene rings is 2. The quantitative estimate of drug-likeness (QED) is 0.535. The molecule has 8 heteroatoms. The van der Waals surface area contributed by atoms with Crippen LogP contribution in [-0.4, -0.2) is 36.4 Å². The number of aryl methyl sites for hydroxylation is 1. The largest absolute Gasteiger partial charge is 0.494 e. The zero-order valence-electron chi connectivity index (χ0n) is 17.0. The summed E-state index contributed by atoms with van der Waals surface area (Å²) < 4.78 is 31.6. The molecule has 0 radical (unpaired) electrons. The van der Waals surface area contributed by atoms with Crippen molar-refractivity contribution in [2.45, 2.75) is 26.3 Å². The fourth-order valence-corrected chi connectivity index (χ4v) is 4.75. The first-order chi connectivity index (χ1) is 14.3. The number of nitrogens with zero attached hydrogens (tertiary/aromatic N) is 3. The molecule has 0 bridgehead atoms. The van der Waals surface area contributed by atoms with E-state index < -0.39 is 16.1 Å². The third-order valence-electron chi connectivity index (χ3n) is 5.04. The van der Waals surface area contributed by atoms with E-state index in [1.165, 1.54) is 0 Å². The third kappa shape index (κ3) is 4.00. The molecule has 0 amide bonds. The van der Waals surface area contributed by atoms with Gasteiger partial charge < -0.3 is 4.74 Å². The van der Waals surface area contributed by atoms with Crippen molar-refractivity contribution >= 4 is 38.2 Å². The van der Waals surface area contributed by atoms with Gasteiger partial charge in [-0.2, -0.15) is 9.52 Å². The number of pyridine rings is 1. The highest BCUT2D eigenvalue weighted by Gasteiger charge is 2.36. The molecule has 4 rings (SSSR count). The molecule has 2 aromatic carbocycles. The Labute approximate surface area is 181 Å². The zero-order chi connectivity index (χ0) is 21.5. The van der Waals surface area contributed by atoms with Gasteiger partial charge in [0.2, 0.25) is 10.0 Å². The Bertz CT molecular complexity index is 1240. The summed E-state index contributed by atoms with van der Waals surface area (Å²) in [6, 6.07) is 14.8. The van der Waals surface area contributed by atoms with Gasteiger partial charge in [0.1, 0.15) is 10.9 Å². The third-order valence-corrected chi connectivity index (χ3v) is 6.36. The number of halogens is 1. The number of hydrogen-bond donors (Lipinski definition) is 0. The molecule has 0 saturated carbocycles. The van der Waals surface area contributed by atoms with Gasteiger partial charge in [-0.1, -0.05) is 41.4 Å². The number of aromatic nitrogens is 1. The molecule has 0 N–H and O–H groups in total. The Morgan fingerprint density at radius 2 is 1.90 bits per heavy atom. The van der Waals surface area contributed by atoms with Crippen molar-refractivity contribution in [1.29, 1.82) is 0 Å². The van der Waals surface area contributed by atoms with Crippen LogP contribution in [0.4, 0.5) is 0 Å². The molecular weight excluding hydrogens is 422 g/mol. The van der Waals surface area contributed by atoms with Crippen LogP contribution in [-0.2, 0) is 10.0 Å². The minimum Gasteiger partial charge on any atom is -0.494 e. The number of rotatable bonds is 5. The summed E-state index contributed by atoms with van der Waals surface area (Å²) in [6.07, 6.45) is 1.57. The smallest absolute Gasteiger partial charge is 0.247 e. The van der Waals surface area contributed by atoms with Crippen LogP contribution < -0.4 is 4.74 Å². The molecule has 0 fully saturated rings. The lowest BCUT2D eigenvalue weighted by Crippen LogP contribution is -2.26. The van der Waals surface area contributed by atoms with E-state index in [9.17, 15) is 8.42 Å². The van der Waals surface area contributed by atoms with E-state index in [4.69, 9.17) is 16.3 Å². The predicted octanol–water partition coefficient (Wildman–Crippen LogP) is 4.71. The lowest BCUT2D eigenvalue weighted by atomic mass is 9.98. The van der Waals surface area contributed by atoms with Crippen LogP contribution in [0, 0.1) is 6.92 Å². The summed E-state index contributed by atoms with van der Waals surface area (Å²) in [5.74, 6) is 0.713. The van der Waals surface area contributed by atoms with Crippen LogP contribution in [0.25, 0.3) is 10.9 Å². The minimum atomic E-state index is -3.59. The first-order valence-corrected chi connectivity index (χ1v) is 11.9. The van der Waals surface area contributed by atoms with Gasteiger partial charge >= 0.3 is 0 Å². The monoisotopic (exact) mass is 443 g/mol. The van der Waals surface area contributed by atoms with Crippen LogP contribution >= 0.6 is 11.6 Å². The topological polar surface area (TPSA) is 71.9 Å². The molecule has 0 unspecified atom stereocenters. The maximum absolute atomic E-state index is 12.5. The number of sulfonamides is 1. The molecule has 3 aromatic rings. The number of ether oxygens (including phenoxy) is 1. The summed E-state index contributed by atoms with van der Waals surface area (Å²) in [5, 5.41) is 5.55. The predicted molar refractivity (Wildman–Crippen MR) is 120 cm³/mol. The van der Waals surface area contributed by atoms with Gasteiger partial charge in [0.25, 0.3) is 0 Å². The Morgan fingerprint density at radius 3 is 2.57 bits per heavy atom. The zero-order valence-corrected chi connectivity index (χ0v) is 18.5. The normalized spacial score (nSPS) is 16.7. The van der Waals surface area contributed by atoms with Crippen molar-refractivity contribution in [1.82, 2.24) is 9.40 Å². The van der Waals surface area contributed by atoms with Crippen LogP contribution in [0.15, 0.2) is 53.6 Å². The lowest BCUT2D eigenvalue weighted by molar-refractivity contribution is 0.340. The number of hydrogen-bond acceptors (Lipinski definition) is 5. The maximum Gasteiger partial charge on any atom is 0.247 e. The lowest BCUT2D eigenvalue weighted by Gasteiger charge is -2.22. The van der Waals surface area contributed by atoms with Crippen molar-refractivity contribution in [3.8, 4) is 5.75 Å². The van der Waals surface area contributed by atoms with E-state index in [1.807, 2.05) is 62.4 Å². The fourth-order valence-electron chi connectivity index (χ4n) is 3.58. The molecule has 0 spiro atoms. The molecule has 2 heterocycles. The second-order valence-electron chi connectivity index (χ2n) is 7.32. The highest BCUT2D eigenvalue weighted by molar-refractivity contribution is 7.88. The van der Waals surface area contributed by atoms with E-state index in [-0.39, 0.29) is 5.15 Å². The summed E-state index contributed by atoms with van der Waals surface area (Å²) in [4.78, 5) is 4.50. The average Bonchev–Trinajstić information content (AvgIpc) is 3.14. The van der Waals surface area contributed by atoms with Crippen molar-refractivity contribution in [2.24, 2.45) is 5.10 Å². The summed E-state index contributed by atoms with van der Waals surface area (Å²) in [7, 11) is -3.59. The molecule has 1 aliphatic heterocycles. The molecule has 1 atom stereocenters. The molecule has 6 nitrogen and oxygen atoms in total. The van der Waals surface area contributed by atoms with E-state index in [1.54, 1.807) is 0 Å². The van der Waals surface area contributed by atoms with Crippen molar-refractivity contribution in [3.05, 3.63) is 70.4 Å². The van der Waals surface area contributed by atoms with Gasteiger partial charge in [-0.05, 0) is 37.6 Å². The highest BCUT2D eigenvalue weighted by Crippen LogP contribution is 2.38. The van der Waals surface area contributed by atoms with Crippen molar-refractivity contribution < 1.29 is 13.2 Å². The standard InChI is InChI=1S/C22H22ClN3O3S/c1-4-29-17-10-9-16-11-18(22(23)24-19(16)12-17)21-13-20(25-26(21)30(3,27)28)15-7-5-14(2)6-8-15/h5-12,21H,4,13H2,1-3H3/t21-/m0/s1. The van der Waals surface area contributed by atoms with Gasteiger partial charge in [0.05, 0.1) is 30.1 Å². The van der Waals surface area contributed by atoms with E-state index in [2.05, 4.69) is 10.1 Å². The van der Waals surface area contributed by atoms with E-state index in [0.717, 1.165) is 27.2 Å². The van der Waals surface area contributed by atoms with E-state index >= 15 is 0 Å². The van der Waals surface area contributed by atoms with Crippen LogP contribution in [0.2, 0.25) is 5.15 Å². The van der Waals surface area contributed by atoms with Crippen molar-refractivity contribution in [3.63, 3.8) is 0 Å². The molecule has 0 aliphatic carbocycles. The molecule has 156 valence electrons. The molecule has 0 saturated heterocycles. The first-order valence-electron chi connectivity index (χ1n) is 9.63. The summed E-state index contributed by atoms with van der Waals surface area (Å²) >= 11 is 6.52. The minimum absolute atomic E-state index is 0.259. The van der Waals surface area contributed by atoms with Gasteiger partial charge in [-0.15, -0.1) is 0 Å². The molecule has 30 heavy (non-hydrogen) atoms.